The third-order valence-corrected chi connectivity index (χ3v) is 6.82. The van der Waals surface area contributed by atoms with E-state index in [1.807, 2.05) is 0 Å². The Morgan fingerprint density at radius 1 is 0.606 bits per heavy atom. The fourth-order valence-electron chi connectivity index (χ4n) is 3.07. The Morgan fingerprint density at radius 2 is 0.879 bits per heavy atom. The topological polar surface area (TPSA) is 199 Å². The van der Waals surface area contributed by atoms with E-state index in [2.05, 4.69) is 0 Å². The van der Waals surface area contributed by atoms with Crippen LogP contribution in [0, 0.1) is 0 Å². The summed E-state index contributed by atoms with van der Waals surface area (Å²) < 4.78 is 70.9. The number of ether oxygens (including phenoxy) is 1. The van der Waals surface area contributed by atoms with E-state index in [0.29, 0.717) is 0 Å². The molecule has 0 spiro atoms. The van der Waals surface area contributed by atoms with E-state index in [0.717, 1.165) is 36.4 Å². The van der Waals surface area contributed by atoms with Gasteiger partial charge < -0.3 is 25.2 Å². The molecule has 0 aliphatic heterocycles. The standard InChI is InChI=1S/C18H22O11S2.2Na.2H/c19-13-5-11(6-14(20)9-13)17(30(23,24)25)1-3-29-4-2-18(31(26,27)28)12-7-15(21)10-16(22)8-12;;;;/h5-10,17-22H,1-4H2,(H,23,24,25)(H,26,27,28);;;;. The molecule has 2 aromatic rings. The predicted molar refractivity (Wildman–Crippen MR) is 122 cm³/mol. The van der Waals surface area contributed by atoms with E-state index >= 15 is 0 Å². The zero-order valence-corrected chi connectivity index (χ0v) is 17.6. The molecular formula is C18H24Na2O11S2. The number of hydrogen-bond acceptors (Lipinski definition) is 9. The first-order valence-corrected chi connectivity index (χ1v) is 11.8. The molecule has 176 valence electrons. The third-order valence-electron chi connectivity index (χ3n) is 4.36. The van der Waals surface area contributed by atoms with Gasteiger partial charge in [-0.3, -0.25) is 9.11 Å². The molecule has 2 aromatic carbocycles. The van der Waals surface area contributed by atoms with Gasteiger partial charge in [-0.15, -0.1) is 0 Å². The van der Waals surface area contributed by atoms with Crippen LogP contribution in [-0.4, -0.2) is 119 Å². The molecule has 0 bridgehead atoms. The summed E-state index contributed by atoms with van der Waals surface area (Å²) in [6, 6.07) is 6.19. The second-order valence-electron chi connectivity index (χ2n) is 6.76. The summed E-state index contributed by atoms with van der Waals surface area (Å²) in [7, 11) is -9.25. The normalized spacial score (nSPS) is 13.4. The summed E-state index contributed by atoms with van der Waals surface area (Å²) in [6.45, 7) is -0.519. The van der Waals surface area contributed by atoms with Crippen LogP contribution in [0.2, 0.25) is 0 Å². The molecule has 0 aliphatic carbocycles. The van der Waals surface area contributed by atoms with Crippen LogP contribution in [0.1, 0.15) is 34.5 Å². The van der Waals surface area contributed by atoms with Crippen LogP contribution in [0.15, 0.2) is 36.4 Å². The SMILES string of the molecule is O=S(=O)(O)C(CCOCCC(c1cc(O)cc(O)c1)S(=O)(=O)O)c1cc(O)cc(O)c1.[NaH].[NaH]. The number of phenols is 4. The van der Waals surface area contributed by atoms with Crippen LogP contribution >= 0.6 is 0 Å². The molecule has 15 heteroatoms. The van der Waals surface area contributed by atoms with Crippen molar-refractivity contribution in [2.75, 3.05) is 13.2 Å². The van der Waals surface area contributed by atoms with Crippen molar-refractivity contribution in [1.82, 2.24) is 0 Å². The Balaban J connectivity index is 0.00000512. The monoisotopic (exact) mass is 526 g/mol. The summed E-state index contributed by atoms with van der Waals surface area (Å²) in [5, 5.41) is 35.0. The van der Waals surface area contributed by atoms with Crippen molar-refractivity contribution in [2.45, 2.75) is 23.3 Å². The minimum absolute atomic E-state index is 0. The van der Waals surface area contributed by atoms with Gasteiger partial charge in [0.05, 0.1) is 0 Å². The van der Waals surface area contributed by atoms with Gasteiger partial charge in [0.2, 0.25) is 0 Å². The van der Waals surface area contributed by atoms with Crippen molar-refractivity contribution >= 4 is 79.4 Å². The molecule has 0 aliphatic rings. The van der Waals surface area contributed by atoms with Crippen molar-refractivity contribution in [3.63, 3.8) is 0 Å². The van der Waals surface area contributed by atoms with E-state index in [1.54, 1.807) is 0 Å². The van der Waals surface area contributed by atoms with E-state index < -0.39 is 53.7 Å². The Hall–Kier alpha value is -0.580. The third kappa shape index (κ3) is 10.3. The zero-order chi connectivity index (χ0) is 23.4. The van der Waals surface area contributed by atoms with Gasteiger partial charge in [0.1, 0.15) is 33.5 Å². The van der Waals surface area contributed by atoms with E-state index in [1.165, 1.54) is 0 Å². The van der Waals surface area contributed by atoms with Crippen molar-refractivity contribution < 1.29 is 51.1 Å². The van der Waals surface area contributed by atoms with Crippen molar-refractivity contribution in [2.24, 2.45) is 0 Å². The summed E-state index contributed by atoms with van der Waals surface area (Å²) in [6.07, 6.45) is -0.573. The molecule has 0 heterocycles. The first-order chi connectivity index (χ1) is 14.3. The van der Waals surface area contributed by atoms with Crippen LogP contribution in [0.3, 0.4) is 0 Å². The summed E-state index contributed by atoms with van der Waals surface area (Å²) in [5.41, 5.74) is -0.149. The van der Waals surface area contributed by atoms with Gasteiger partial charge in [0.15, 0.2) is 0 Å². The molecule has 33 heavy (non-hydrogen) atoms. The van der Waals surface area contributed by atoms with Crippen LogP contribution in [0.5, 0.6) is 23.0 Å². The fraction of sp³-hybridized carbons (Fsp3) is 0.333. The number of benzene rings is 2. The maximum absolute atomic E-state index is 11.7. The van der Waals surface area contributed by atoms with Crippen LogP contribution < -0.4 is 0 Å². The molecule has 2 rings (SSSR count). The van der Waals surface area contributed by atoms with E-state index in [-0.39, 0.29) is 96.3 Å². The molecular weight excluding hydrogens is 502 g/mol. The van der Waals surface area contributed by atoms with Gasteiger partial charge in [-0.2, -0.15) is 16.8 Å². The number of aromatic hydroxyl groups is 4. The van der Waals surface area contributed by atoms with Gasteiger partial charge in [0, 0.05) is 25.3 Å². The number of phenolic OH excluding ortho intramolecular Hbond substituents is 4. The van der Waals surface area contributed by atoms with Crippen molar-refractivity contribution in [3.05, 3.63) is 47.5 Å². The Kier molecular flexibility index (Phi) is 13.3. The summed E-state index contributed by atoms with van der Waals surface area (Å²) in [4.78, 5) is 0. The Morgan fingerprint density at radius 3 is 1.12 bits per heavy atom. The zero-order valence-electron chi connectivity index (χ0n) is 16.0. The molecule has 2 unspecified atom stereocenters. The summed E-state index contributed by atoms with van der Waals surface area (Å²) >= 11 is 0. The van der Waals surface area contributed by atoms with E-state index in [4.69, 9.17) is 4.74 Å². The molecule has 0 radical (unpaired) electrons. The molecule has 2 atom stereocenters. The molecule has 0 amide bonds. The average molecular weight is 526 g/mol. The second-order valence-corrected chi connectivity index (χ2v) is 9.96. The second kappa shape index (κ2) is 13.5. The van der Waals surface area contributed by atoms with Crippen molar-refractivity contribution in [1.29, 1.82) is 0 Å². The van der Waals surface area contributed by atoms with Crippen LogP contribution in [0.25, 0.3) is 0 Å². The quantitative estimate of drug-likeness (QED) is 0.144. The summed E-state index contributed by atoms with van der Waals surface area (Å²) in [5.74, 6) is -1.63. The maximum atomic E-state index is 11.7. The van der Waals surface area contributed by atoms with Crippen LogP contribution in [0.4, 0.5) is 0 Å². The first kappa shape index (κ1) is 32.4. The van der Waals surface area contributed by atoms with Crippen LogP contribution in [-0.2, 0) is 25.0 Å². The molecule has 0 fully saturated rings. The van der Waals surface area contributed by atoms with Gasteiger partial charge in [-0.25, -0.2) is 0 Å². The van der Waals surface area contributed by atoms with Gasteiger partial charge in [0.25, 0.3) is 20.2 Å². The van der Waals surface area contributed by atoms with Crippen molar-refractivity contribution in [3.8, 4) is 23.0 Å². The minimum atomic E-state index is -4.62. The Labute approximate surface area is 235 Å². The van der Waals surface area contributed by atoms with Gasteiger partial charge in [-0.1, -0.05) is 0 Å². The number of hydrogen-bond donors (Lipinski definition) is 6. The average Bonchev–Trinajstić information content (AvgIpc) is 2.56. The number of rotatable bonds is 10. The molecule has 0 saturated heterocycles. The molecule has 6 N–H and O–H groups in total. The molecule has 0 saturated carbocycles. The molecule has 11 nitrogen and oxygen atoms in total. The predicted octanol–water partition coefficient (Wildman–Crippen LogP) is 0.567. The van der Waals surface area contributed by atoms with E-state index in [9.17, 15) is 46.4 Å². The Bertz CT molecular complexity index is 1010. The first-order valence-electron chi connectivity index (χ1n) is 8.83. The van der Waals surface area contributed by atoms with Gasteiger partial charge in [-0.05, 0) is 48.2 Å². The fourth-order valence-corrected chi connectivity index (χ4v) is 4.81. The molecule has 0 aromatic heterocycles. The van der Waals surface area contributed by atoms with Gasteiger partial charge >= 0.3 is 59.1 Å².